The van der Waals surface area contributed by atoms with Gasteiger partial charge in [-0.3, -0.25) is 3.07 Å². The van der Waals surface area contributed by atoms with E-state index in [1.807, 2.05) is 23.0 Å². The van der Waals surface area contributed by atoms with E-state index in [1.54, 1.807) is 11.3 Å². The number of anilines is 1. The number of benzene rings is 1. The fourth-order valence-electron chi connectivity index (χ4n) is 3.29. The van der Waals surface area contributed by atoms with Crippen LogP contribution in [-0.2, 0) is 2.50 Å². The summed E-state index contributed by atoms with van der Waals surface area (Å²) in [4.78, 5) is 7.33. The molecule has 0 saturated carbocycles. The van der Waals surface area contributed by atoms with Gasteiger partial charge in [0, 0.05) is 18.5 Å². The molecule has 3 nitrogen and oxygen atoms in total. The second-order valence-electron chi connectivity index (χ2n) is 5.90. The van der Waals surface area contributed by atoms with Gasteiger partial charge >= 0.3 is 0 Å². The van der Waals surface area contributed by atoms with Crippen LogP contribution in [0, 0.1) is 0 Å². The van der Waals surface area contributed by atoms with Gasteiger partial charge in [0.15, 0.2) is 5.60 Å². The summed E-state index contributed by atoms with van der Waals surface area (Å²) in [5.41, 5.74) is 3.79. The molecule has 4 rings (SSSR count). The minimum atomic E-state index is -0.533. The second-order valence-corrected chi connectivity index (χ2v) is 18.3. The van der Waals surface area contributed by atoms with Crippen LogP contribution in [0.25, 0.3) is 5.57 Å². The van der Waals surface area contributed by atoms with E-state index in [1.165, 1.54) is 10.6 Å². The van der Waals surface area contributed by atoms with Crippen LogP contribution >= 0.6 is 102 Å². The zero-order valence-corrected chi connectivity index (χ0v) is 22.3. The van der Waals surface area contributed by atoms with E-state index in [0.717, 1.165) is 35.6 Å². The number of amidine groups is 1. The van der Waals surface area contributed by atoms with Crippen molar-refractivity contribution in [3.8, 4) is 0 Å². The molecule has 1 aromatic heterocycles. The minimum absolute atomic E-state index is 0.00123. The van der Waals surface area contributed by atoms with Gasteiger partial charge in [-0.2, -0.15) is 0 Å². The van der Waals surface area contributed by atoms with Crippen LogP contribution in [0.15, 0.2) is 47.3 Å². The highest BCUT2D eigenvalue weighted by molar-refractivity contribution is 14.3. The maximum atomic E-state index is 6.00. The highest BCUT2D eigenvalue weighted by Crippen LogP contribution is 2.52. The van der Waals surface area contributed by atoms with Crippen molar-refractivity contribution in [2.75, 3.05) is 11.4 Å². The van der Waals surface area contributed by atoms with Crippen molar-refractivity contribution in [2.45, 2.75) is 11.5 Å². The number of rotatable bonds is 3. The van der Waals surface area contributed by atoms with E-state index >= 15 is 0 Å². The third-order valence-electron chi connectivity index (χ3n) is 4.57. The molecule has 1 atom stereocenters. The Kier molecular flexibility index (Phi) is 5.50. The minimum Gasteiger partial charge on any atom is -0.319 e. The number of nitrogens with zero attached hydrogens (tertiary/aromatic N) is 2. The standard InChI is InChI=1S/C17H12I4N2OS/c1-10-12-5-4-11(17(18,19)20)9-13(12)22-15-16(10,24-21)6-7-23(15)14-3-2-8-25-14/h2-5,8-9H,1,6-7H2. The summed E-state index contributed by atoms with van der Waals surface area (Å²) >= 11 is 11.1. The number of thiophene rings is 1. The van der Waals surface area contributed by atoms with Crippen molar-refractivity contribution in [2.24, 2.45) is 4.99 Å². The lowest BCUT2D eigenvalue weighted by Crippen LogP contribution is -2.43. The van der Waals surface area contributed by atoms with E-state index < -0.39 is 5.60 Å². The van der Waals surface area contributed by atoms with Gasteiger partial charge in [0.25, 0.3) is 0 Å². The summed E-state index contributed by atoms with van der Waals surface area (Å²) in [6.07, 6.45) is 0.863. The Balaban J connectivity index is 1.89. The summed E-state index contributed by atoms with van der Waals surface area (Å²) in [6.45, 7) is 5.30. The zero-order valence-electron chi connectivity index (χ0n) is 12.8. The molecule has 2 aromatic rings. The van der Waals surface area contributed by atoms with Crippen molar-refractivity contribution < 1.29 is 3.07 Å². The Labute approximate surface area is 205 Å². The molecular weight excluding hydrogens is 788 g/mol. The molecule has 1 saturated heterocycles. The van der Waals surface area contributed by atoms with E-state index in [0.29, 0.717) is 0 Å². The molecule has 8 heteroatoms. The summed E-state index contributed by atoms with van der Waals surface area (Å²) in [5.74, 6) is 0.958. The Morgan fingerprint density at radius 3 is 2.72 bits per heavy atom. The van der Waals surface area contributed by atoms with Crippen molar-refractivity contribution in [3.63, 3.8) is 0 Å². The van der Waals surface area contributed by atoms with Crippen molar-refractivity contribution in [1.29, 1.82) is 0 Å². The topological polar surface area (TPSA) is 24.8 Å². The van der Waals surface area contributed by atoms with Crippen LogP contribution in [0.1, 0.15) is 17.5 Å². The lowest BCUT2D eigenvalue weighted by atomic mass is 9.84. The van der Waals surface area contributed by atoms with E-state index in [4.69, 9.17) is 8.06 Å². The quantitative estimate of drug-likeness (QED) is 0.242. The van der Waals surface area contributed by atoms with Crippen LogP contribution in [0.5, 0.6) is 0 Å². The molecule has 1 aromatic carbocycles. The first kappa shape index (κ1) is 19.3. The first-order valence-electron chi connectivity index (χ1n) is 7.48. The molecular formula is C17H12I4N2OS. The smallest absolute Gasteiger partial charge is 0.165 e. The van der Waals surface area contributed by atoms with E-state index in [9.17, 15) is 0 Å². The molecule has 2 aliphatic heterocycles. The molecule has 0 aliphatic carbocycles. The molecule has 0 radical (unpaired) electrons. The van der Waals surface area contributed by atoms with Gasteiger partial charge < -0.3 is 4.90 Å². The Bertz CT molecular complexity index is 875. The predicted octanol–water partition coefficient (Wildman–Crippen LogP) is 7.24. The van der Waals surface area contributed by atoms with Gasteiger partial charge in [0.2, 0.25) is 0 Å². The highest BCUT2D eigenvalue weighted by Gasteiger charge is 2.51. The third kappa shape index (κ3) is 3.23. The lowest BCUT2D eigenvalue weighted by molar-refractivity contribution is 0.287. The third-order valence-corrected chi connectivity index (χ3v) is 8.08. The van der Waals surface area contributed by atoms with Crippen molar-refractivity contribution in [1.82, 2.24) is 0 Å². The monoisotopic (exact) mass is 800 g/mol. The average Bonchev–Trinajstić information content (AvgIpc) is 3.21. The maximum Gasteiger partial charge on any atom is 0.165 e. The molecule has 0 bridgehead atoms. The number of alkyl halides is 3. The number of aliphatic imine (C=N–C) groups is 1. The summed E-state index contributed by atoms with van der Waals surface area (Å²) in [6, 6.07) is 10.7. The van der Waals surface area contributed by atoms with Crippen molar-refractivity contribution in [3.05, 3.63) is 53.4 Å². The van der Waals surface area contributed by atoms with E-state index in [-0.39, 0.29) is -0.565 Å². The van der Waals surface area contributed by atoms with Crippen LogP contribution < -0.4 is 4.90 Å². The normalized spacial score (nSPS) is 22.6. The SMILES string of the molecule is C=C1c2ccc(C(I)(I)I)cc2N=C2N(c3cccs3)CCC12OI. The zero-order chi connectivity index (χ0) is 17.8. The molecule has 1 unspecified atom stereocenters. The second kappa shape index (κ2) is 7.12. The maximum absolute atomic E-state index is 6.00. The summed E-state index contributed by atoms with van der Waals surface area (Å²) in [7, 11) is 0. The first-order chi connectivity index (χ1) is 11.9. The Morgan fingerprint density at radius 2 is 2.08 bits per heavy atom. The average molecular weight is 800 g/mol. The molecule has 0 amide bonds. The molecule has 0 spiro atoms. The van der Waals surface area contributed by atoms with Crippen LogP contribution in [-0.4, -0.2) is 18.0 Å². The lowest BCUT2D eigenvalue weighted by Gasteiger charge is -2.35. The molecule has 130 valence electrons. The molecule has 2 aliphatic rings. The predicted molar refractivity (Wildman–Crippen MR) is 140 cm³/mol. The van der Waals surface area contributed by atoms with Crippen LogP contribution in [0.2, 0.25) is 0 Å². The molecule has 25 heavy (non-hydrogen) atoms. The Hall–Kier alpha value is 1.01. The van der Waals surface area contributed by atoms with Gasteiger partial charge in [0.05, 0.1) is 10.7 Å². The number of halogens is 4. The van der Waals surface area contributed by atoms with Gasteiger partial charge in [-0.1, -0.05) is 18.7 Å². The van der Waals surface area contributed by atoms with E-state index in [2.05, 4.69) is 115 Å². The number of hydrogen-bond acceptors (Lipinski definition) is 4. The van der Waals surface area contributed by atoms with Crippen molar-refractivity contribution >= 4 is 124 Å². The largest absolute Gasteiger partial charge is 0.319 e. The highest BCUT2D eigenvalue weighted by atomic mass is 127. The Morgan fingerprint density at radius 1 is 1.28 bits per heavy atom. The first-order valence-corrected chi connectivity index (χ1v) is 12.5. The van der Waals surface area contributed by atoms with Crippen LogP contribution in [0.4, 0.5) is 10.7 Å². The molecule has 1 fully saturated rings. The summed E-state index contributed by atoms with van der Waals surface area (Å²) < 4.78 is 6.00. The van der Waals surface area contributed by atoms with Gasteiger partial charge in [0.1, 0.15) is 28.3 Å². The molecule has 0 N–H and O–H groups in total. The number of fused-ring (bicyclic) bond motifs is 2. The van der Waals surface area contributed by atoms with Gasteiger partial charge in [-0.05, 0) is 102 Å². The van der Waals surface area contributed by atoms with Gasteiger partial charge in [-0.25, -0.2) is 4.99 Å². The van der Waals surface area contributed by atoms with Gasteiger partial charge in [-0.15, -0.1) is 11.3 Å². The fourth-order valence-corrected chi connectivity index (χ4v) is 5.73. The fraction of sp³-hybridized carbons (Fsp3) is 0.235. The van der Waals surface area contributed by atoms with Crippen LogP contribution in [0.3, 0.4) is 0 Å². The number of hydrogen-bond donors (Lipinski definition) is 0. The summed E-state index contributed by atoms with van der Waals surface area (Å²) in [5, 5.41) is 3.30. The molecule has 3 heterocycles.